The van der Waals surface area contributed by atoms with Gasteiger partial charge in [0, 0.05) is 13.1 Å². The molecule has 1 unspecified atom stereocenters. The lowest BCUT2D eigenvalue weighted by Crippen LogP contribution is -2.51. The summed E-state index contributed by atoms with van der Waals surface area (Å²) in [6, 6.07) is -1.05. The maximum atomic E-state index is 11.9. The van der Waals surface area contributed by atoms with E-state index in [2.05, 4.69) is 5.32 Å². The number of thioether (sulfide) groups is 1. The van der Waals surface area contributed by atoms with Crippen molar-refractivity contribution in [1.82, 2.24) is 10.2 Å². The SMILES string of the molecule is CCN(CC)C(=O)C(C)NC(=O)[C@H](N)CCSC. The average Bonchev–Trinajstić information content (AvgIpc) is 2.36. The first-order valence-corrected chi connectivity index (χ1v) is 7.70. The van der Waals surface area contributed by atoms with E-state index in [-0.39, 0.29) is 11.8 Å². The zero-order chi connectivity index (χ0) is 14.1. The van der Waals surface area contributed by atoms with Gasteiger partial charge in [-0.2, -0.15) is 11.8 Å². The van der Waals surface area contributed by atoms with Gasteiger partial charge in [0.25, 0.3) is 0 Å². The van der Waals surface area contributed by atoms with Crippen molar-refractivity contribution in [2.24, 2.45) is 5.73 Å². The maximum absolute atomic E-state index is 11.9. The number of hydrogen-bond acceptors (Lipinski definition) is 4. The molecule has 0 fully saturated rings. The molecule has 0 aromatic rings. The zero-order valence-electron chi connectivity index (χ0n) is 11.7. The van der Waals surface area contributed by atoms with Gasteiger partial charge in [0.1, 0.15) is 6.04 Å². The topological polar surface area (TPSA) is 75.4 Å². The average molecular weight is 275 g/mol. The van der Waals surface area contributed by atoms with E-state index in [0.717, 1.165) is 5.75 Å². The number of amides is 2. The van der Waals surface area contributed by atoms with Gasteiger partial charge in [0.05, 0.1) is 6.04 Å². The summed E-state index contributed by atoms with van der Waals surface area (Å²) >= 11 is 1.65. The van der Waals surface area contributed by atoms with Gasteiger partial charge in [0.15, 0.2) is 0 Å². The molecule has 0 rings (SSSR count). The summed E-state index contributed by atoms with van der Waals surface area (Å²) in [4.78, 5) is 25.4. The molecule has 0 saturated heterocycles. The molecule has 6 heteroatoms. The highest BCUT2D eigenvalue weighted by Gasteiger charge is 2.22. The summed E-state index contributed by atoms with van der Waals surface area (Å²) < 4.78 is 0. The highest BCUT2D eigenvalue weighted by atomic mass is 32.2. The van der Waals surface area contributed by atoms with Gasteiger partial charge >= 0.3 is 0 Å². The summed E-state index contributed by atoms with van der Waals surface area (Å²) in [6.45, 7) is 6.82. The van der Waals surface area contributed by atoms with Gasteiger partial charge in [-0.3, -0.25) is 9.59 Å². The van der Waals surface area contributed by atoms with E-state index >= 15 is 0 Å². The van der Waals surface area contributed by atoms with Crippen LogP contribution in [0.15, 0.2) is 0 Å². The van der Waals surface area contributed by atoms with Crippen LogP contribution in [0.1, 0.15) is 27.2 Å². The molecule has 2 amide bonds. The molecule has 0 aromatic carbocycles. The second-order valence-electron chi connectivity index (χ2n) is 4.13. The summed E-state index contributed by atoms with van der Waals surface area (Å²) in [5.41, 5.74) is 5.74. The third-order valence-corrected chi connectivity index (χ3v) is 3.42. The monoisotopic (exact) mass is 275 g/mol. The van der Waals surface area contributed by atoms with E-state index in [0.29, 0.717) is 19.5 Å². The number of nitrogens with two attached hydrogens (primary N) is 1. The fourth-order valence-corrected chi connectivity index (χ4v) is 2.06. The Hall–Kier alpha value is -0.750. The van der Waals surface area contributed by atoms with Crippen LogP contribution < -0.4 is 11.1 Å². The number of carbonyl (C=O) groups excluding carboxylic acids is 2. The number of carbonyl (C=O) groups is 2. The predicted octanol–water partition coefficient (Wildman–Crippen LogP) is 0.440. The second kappa shape index (κ2) is 9.22. The molecule has 0 radical (unpaired) electrons. The van der Waals surface area contributed by atoms with Gasteiger partial charge in [-0.1, -0.05) is 0 Å². The van der Waals surface area contributed by atoms with Gasteiger partial charge in [-0.15, -0.1) is 0 Å². The summed E-state index contributed by atoms with van der Waals surface area (Å²) in [5.74, 6) is 0.523. The highest BCUT2D eigenvalue weighted by Crippen LogP contribution is 2.00. The van der Waals surface area contributed by atoms with Crippen LogP contribution in [0.25, 0.3) is 0 Å². The Labute approximate surface area is 114 Å². The van der Waals surface area contributed by atoms with Gasteiger partial charge in [-0.05, 0) is 39.2 Å². The Balaban J connectivity index is 4.25. The van der Waals surface area contributed by atoms with E-state index in [1.165, 1.54) is 0 Å². The van der Waals surface area contributed by atoms with Crippen molar-refractivity contribution in [3.8, 4) is 0 Å². The lowest BCUT2D eigenvalue weighted by Gasteiger charge is -2.24. The molecule has 3 N–H and O–H groups in total. The molecule has 0 aliphatic carbocycles. The minimum absolute atomic E-state index is 0.0644. The first kappa shape index (κ1) is 17.2. The smallest absolute Gasteiger partial charge is 0.244 e. The maximum Gasteiger partial charge on any atom is 0.244 e. The third-order valence-electron chi connectivity index (χ3n) is 2.77. The Morgan fingerprint density at radius 1 is 1.33 bits per heavy atom. The minimum Gasteiger partial charge on any atom is -0.343 e. The number of nitrogens with one attached hydrogen (secondary N) is 1. The van der Waals surface area contributed by atoms with Crippen LogP contribution in [0.4, 0.5) is 0 Å². The zero-order valence-corrected chi connectivity index (χ0v) is 12.5. The van der Waals surface area contributed by atoms with E-state index in [9.17, 15) is 9.59 Å². The number of hydrogen-bond donors (Lipinski definition) is 2. The van der Waals surface area contributed by atoms with Crippen molar-refractivity contribution >= 4 is 23.6 Å². The van der Waals surface area contributed by atoms with Crippen LogP contribution in [0.3, 0.4) is 0 Å². The molecular weight excluding hydrogens is 250 g/mol. The van der Waals surface area contributed by atoms with E-state index < -0.39 is 12.1 Å². The van der Waals surface area contributed by atoms with Crippen molar-refractivity contribution in [3.05, 3.63) is 0 Å². The molecule has 106 valence electrons. The standard InChI is InChI=1S/C12H25N3O2S/c1-5-15(6-2)12(17)9(3)14-11(16)10(13)7-8-18-4/h9-10H,5-8,13H2,1-4H3,(H,14,16)/t9?,10-/m1/s1. The lowest BCUT2D eigenvalue weighted by atomic mass is 10.2. The van der Waals surface area contributed by atoms with E-state index in [4.69, 9.17) is 5.73 Å². The van der Waals surface area contributed by atoms with E-state index in [1.807, 2.05) is 20.1 Å². The quantitative estimate of drug-likeness (QED) is 0.674. The molecular formula is C12H25N3O2S. The Morgan fingerprint density at radius 2 is 1.89 bits per heavy atom. The van der Waals surface area contributed by atoms with Crippen molar-refractivity contribution in [3.63, 3.8) is 0 Å². The predicted molar refractivity (Wildman–Crippen MR) is 76.5 cm³/mol. The minimum atomic E-state index is -0.538. The molecule has 0 bridgehead atoms. The molecule has 0 heterocycles. The first-order chi connectivity index (χ1) is 8.47. The van der Waals surface area contributed by atoms with Gasteiger partial charge in [-0.25, -0.2) is 0 Å². The summed E-state index contributed by atoms with van der Waals surface area (Å²) in [5, 5.41) is 2.67. The molecule has 0 saturated carbocycles. The molecule has 0 aromatic heterocycles. The number of likely N-dealkylation sites (N-methyl/N-ethyl adjacent to an activating group) is 1. The molecule has 5 nitrogen and oxygen atoms in total. The van der Waals surface area contributed by atoms with Crippen LogP contribution in [0.2, 0.25) is 0 Å². The van der Waals surface area contributed by atoms with Crippen LogP contribution in [0.5, 0.6) is 0 Å². The Bertz CT molecular complexity index is 270. The Kier molecular flexibility index (Phi) is 8.83. The Morgan fingerprint density at radius 3 is 2.33 bits per heavy atom. The first-order valence-electron chi connectivity index (χ1n) is 6.31. The molecule has 2 atom stereocenters. The number of nitrogens with zero attached hydrogens (tertiary/aromatic N) is 1. The molecule has 0 spiro atoms. The van der Waals surface area contributed by atoms with Gasteiger partial charge < -0.3 is 16.0 Å². The summed E-state index contributed by atoms with van der Waals surface area (Å²) in [7, 11) is 0. The van der Waals surface area contributed by atoms with Gasteiger partial charge in [0.2, 0.25) is 11.8 Å². The normalized spacial score (nSPS) is 13.8. The fourth-order valence-electron chi connectivity index (χ4n) is 1.57. The number of rotatable bonds is 8. The largest absolute Gasteiger partial charge is 0.343 e. The van der Waals surface area contributed by atoms with Crippen LogP contribution >= 0.6 is 11.8 Å². The summed E-state index contributed by atoms with van der Waals surface area (Å²) in [6.07, 6.45) is 2.59. The van der Waals surface area contributed by atoms with Crippen LogP contribution in [0, 0.1) is 0 Å². The lowest BCUT2D eigenvalue weighted by molar-refractivity contribution is -0.135. The van der Waals surface area contributed by atoms with Crippen molar-refractivity contribution < 1.29 is 9.59 Å². The highest BCUT2D eigenvalue weighted by molar-refractivity contribution is 7.98. The van der Waals surface area contributed by atoms with Crippen LogP contribution in [-0.4, -0.2) is 53.9 Å². The molecule has 0 aliphatic heterocycles. The van der Waals surface area contributed by atoms with Crippen molar-refractivity contribution in [2.45, 2.75) is 39.3 Å². The van der Waals surface area contributed by atoms with Crippen molar-refractivity contribution in [2.75, 3.05) is 25.1 Å². The molecule has 18 heavy (non-hydrogen) atoms. The second-order valence-corrected chi connectivity index (χ2v) is 5.11. The fraction of sp³-hybridized carbons (Fsp3) is 0.833. The van der Waals surface area contributed by atoms with Crippen LogP contribution in [-0.2, 0) is 9.59 Å². The third kappa shape index (κ3) is 5.73. The molecule has 0 aliphatic rings. The van der Waals surface area contributed by atoms with Crippen molar-refractivity contribution in [1.29, 1.82) is 0 Å². The van der Waals surface area contributed by atoms with E-state index in [1.54, 1.807) is 23.6 Å².